The smallest absolute Gasteiger partial charge is 0.357 e. The van der Waals surface area contributed by atoms with Gasteiger partial charge in [0, 0.05) is 5.38 Å². The van der Waals surface area contributed by atoms with Gasteiger partial charge in [0.05, 0.1) is 22.5 Å². The number of ether oxygens (including phenoxy) is 1. The van der Waals surface area contributed by atoms with Gasteiger partial charge in [0.15, 0.2) is 15.5 Å². The van der Waals surface area contributed by atoms with Gasteiger partial charge in [-0.3, -0.25) is 0 Å². The molecule has 118 valence electrons. The van der Waals surface area contributed by atoms with Crippen LogP contribution in [0.25, 0.3) is 0 Å². The van der Waals surface area contributed by atoms with Gasteiger partial charge in [-0.05, 0) is 19.1 Å². The van der Waals surface area contributed by atoms with Crippen LogP contribution in [0.15, 0.2) is 40.6 Å². The summed E-state index contributed by atoms with van der Waals surface area (Å²) in [4.78, 5) is 15.9. The predicted octanol–water partition coefficient (Wildman–Crippen LogP) is 2.76. The minimum Gasteiger partial charge on any atom is -0.461 e. The Bertz CT molecular complexity index is 740. The lowest BCUT2D eigenvalue weighted by molar-refractivity contribution is 0.0520. The van der Waals surface area contributed by atoms with Gasteiger partial charge in [-0.2, -0.15) is 12.6 Å². The second-order valence-corrected chi connectivity index (χ2v) is 7.95. The zero-order chi connectivity index (χ0) is 16.2. The molecule has 1 aromatic heterocycles. The normalized spacial score (nSPS) is 12.8. The fourth-order valence-electron chi connectivity index (χ4n) is 1.74. The first-order valence-corrected chi connectivity index (χ1v) is 9.57. The molecule has 22 heavy (non-hydrogen) atoms. The highest BCUT2D eigenvalue weighted by Gasteiger charge is 2.23. The largest absolute Gasteiger partial charge is 0.461 e. The molecule has 0 bridgehead atoms. The standard InChI is InChI=1S/C14H15NO4S3/c1-2-19-14(16)11-8-21-13(15-11)12(20)9-22(17,18)10-6-4-3-5-7-10/h3-8,12,20H,2,9H2,1H3. The van der Waals surface area contributed by atoms with Crippen LogP contribution in [0.3, 0.4) is 0 Å². The van der Waals surface area contributed by atoms with Crippen molar-refractivity contribution in [2.45, 2.75) is 17.1 Å². The lowest BCUT2D eigenvalue weighted by atomic mass is 10.4. The Labute approximate surface area is 138 Å². The molecule has 0 N–H and O–H groups in total. The third kappa shape index (κ3) is 4.08. The topological polar surface area (TPSA) is 73.3 Å². The zero-order valence-electron chi connectivity index (χ0n) is 11.8. The van der Waals surface area contributed by atoms with Crippen molar-refractivity contribution >= 4 is 39.8 Å². The van der Waals surface area contributed by atoms with Crippen molar-refractivity contribution in [1.29, 1.82) is 0 Å². The molecule has 0 aliphatic carbocycles. The van der Waals surface area contributed by atoms with Gasteiger partial charge in [0.25, 0.3) is 0 Å². The van der Waals surface area contributed by atoms with E-state index in [-0.39, 0.29) is 22.9 Å². The third-order valence-electron chi connectivity index (χ3n) is 2.77. The van der Waals surface area contributed by atoms with Crippen LogP contribution in [-0.2, 0) is 14.6 Å². The molecule has 1 heterocycles. The zero-order valence-corrected chi connectivity index (χ0v) is 14.3. The molecule has 8 heteroatoms. The van der Waals surface area contributed by atoms with Gasteiger partial charge in [0.1, 0.15) is 5.01 Å². The van der Waals surface area contributed by atoms with E-state index in [0.29, 0.717) is 5.01 Å². The van der Waals surface area contributed by atoms with Crippen molar-refractivity contribution in [2.24, 2.45) is 0 Å². The second-order valence-electron chi connectivity index (χ2n) is 4.40. The van der Waals surface area contributed by atoms with E-state index in [0.717, 1.165) is 0 Å². The average Bonchev–Trinajstić information content (AvgIpc) is 2.98. The van der Waals surface area contributed by atoms with Crippen LogP contribution in [0, 0.1) is 0 Å². The Morgan fingerprint density at radius 3 is 2.68 bits per heavy atom. The molecular formula is C14H15NO4S3. The number of benzene rings is 1. The Morgan fingerprint density at radius 1 is 1.36 bits per heavy atom. The van der Waals surface area contributed by atoms with Crippen molar-refractivity contribution in [3.63, 3.8) is 0 Å². The molecule has 1 unspecified atom stereocenters. The minimum atomic E-state index is -3.45. The number of thiazole rings is 1. The van der Waals surface area contributed by atoms with Crippen molar-refractivity contribution in [2.75, 3.05) is 12.4 Å². The first-order valence-electron chi connectivity index (χ1n) is 6.52. The van der Waals surface area contributed by atoms with Crippen LogP contribution < -0.4 is 0 Å². The summed E-state index contributed by atoms with van der Waals surface area (Å²) < 4.78 is 29.4. The van der Waals surface area contributed by atoms with Gasteiger partial charge in [-0.25, -0.2) is 18.2 Å². The van der Waals surface area contributed by atoms with Crippen molar-refractivity contribution < 1.29 is 17.9 Å². The molecule has 0 saturated heterocycles. The van der Waals surface area contributed by atoms with Gasteiger partial charge in [-0.15, -0.1) is 11.3 Å². The van der Waals surface area contributed by atoms with Crippen LogP contribution in [0.5, 0.6) is 0 Å². The van der Waals surface area contributed by atoms with E-state index >= 15 is 0 Å². The molecule has 2 rings (SSSR count). The maximum Gasteiger partial charge on any atom is 0.357 e. The quantitative estimate of drug-likeness (QED) is 0.636. The van der Waals surface area contributed by atoms with Crippen LogP contribution in [-0.4, -0.2) is 31.7 Å². The van der Waals surface area contributed by atoms with E-state index in [1.54, 1.807) is 42.6 Å². The number of sulfone groups is 1. The van der Waals surface area contributed by atoms with Crippen molar-refractivity contribution in [3.8, 4) is 0 Å². The van der Waals surface area contributed by atoms with E-state index in [4.69, 9.17) is 4.74 Å². The van der Waals surface area contributed by atoms with Crippen LogP contribution in [0.2, 0.25) is 0 Å². The molecule has 0 aliphatic heterocycles. The van der Waals surface area contributed by atoms with Gasteiger partial charge in [-0.1, -0.05) is 18.2 Å². The van der Waals surface area contributed by atoms with Crippen LogP contribution in [0.4, 0.5) is 0 Å². The number of thiol groups is 1. The Morgan fingerprint density at radius 2 is 2.05 bits per heavy atom. The number of aromatic nitrogens is 1. The number of hydrogen-bond donors (Lipinski definition) is 1. The first-order chi connectivity index (χ1) is 10.4. The van der Waals surface area contributed by atoms with Gasteiger partial charge >= 0.3 is 5.97 Å². The molecule has 5 nitrogen and oxygen atoms in total. The maximum atomic E-state index is 12.3. The predicted molar refractivity (Wildman–Crippen MR) is 88.3 cm³/mol. The van der Waals surface area contributed by atoms with E-state index in [1.807, 2.05) is 0 Å². The van der Waals surface area contributed by atoms with Crippen molar-refractivity contribution in [1.82, 2.24) is 4.98 Å². The van der Waals surface area contributed by atoms with E-state index in [9.17, 15) is 13.2 Å². The number of carbonyl (C=O) groups excluding carboxylic acids is 1. The summed E-state index contributed by atoms with van der Waals surface area (Å²) in [6.45, 7) is 1.97. The number of hydrogen-bond acceptors (Lipinski definition) is 7. The summed E-state index contributed by atoms with van der Waals surface area (Å²) >= 11 is 5.51. The number of carbonyl (C=O) groups is 1. The van der Waals surface area contributed by atoms with Gasteiger partial charge < -0.3 is 4.74 Å². The highest BCUT2D eigenvalue weighted by Crippen LogP contribution is 2.27. The SMILES string of the molecule is CCOC(=O)c1csc(C(S)CS(=O)(=O)c2ccccc2)n1. The molecule has 2 aromatic rings. The van der Waals surface area contributed by atoms with Crippen LogP contribution >= 0.6 is 24.0 Å². The molecule has 0 saturated carbocycles. The fourth-order valence-corrected chi connectivity index (χ4v) is 4.79. The summed E-state index contributed by atoms with van der Waals surface area (Å²) in [6, 6.07) is 8.18. The van der Waals surface area contributed by atoms with Crippen molar-refractivity contribution in [3.05, 3.63) is 46.4 Å². The molecule has 0 amide bonds. The number of nitrogens with zero attached hydrogens (tertiary/aromatic N) is 1. The highest BCUT2D eigenvalue weighted by atomic mass is 32.2. The molecule has 0 spiro atoms. The van der Waals surface area contributed by atoms with Crippen LogP contribution in [0.1, 0.15) is 27.7 Å². The summed E-state index contributed by atoms with van der Waals surface area (Å²) in [7, 11) is -3.45. The highest BCUT2D eigenvalue weighted by molar-refractivity contribution is 7.92. The van der Waals surface area contributed by atoms with E-state index in [1.165, 1.54) is 11.3 Å². The fraction of sp³-hybridized carbons (Fsp3) is 0.286. The molecule has 0 radical (unpaired) electrons. The van der Waals surface area contributed by atoms with E-state index < -0.39 is 21.1 Å². The molecule has 1 aromatic carbocycles. The average molecular weight is 357 g/mol. The molecular weight excluding hydrogens is 342 g/mol. The first kappa shape index (κ1) is 17.0. The third-order valence-corrected chi connectivity index (χ3v) is 6.34. The molecule has 1 atom stereocenters. The second kappa shape index (κ2) is 7.26. The summed E-state index contributed by atoms with van der Waals surface area (Å²) in [6.07, 6.45) is 0. The summed E-state index contributed by atoms with van der Waals surface area (Å²) in [5.41, 5.74) is 0.179. The molecule has 0 aliphatic rings. The summed E-state index contributed by atoms with van der Waals surface area (Å²) in [5.74, 6) is -0.702. The maximum absolute atomic E-state index is 12.3. The number of esters is 1. The van der Waals surface area contributed by atoms with E-state index in [2.05, 4.69) is 17.6 Å². The summed E-state index contributed by atoms with van der Waals surface area (Å²) in [5, 5.41) is 1.43. The Hall–Kier alpha value is -1.38. The lowest BCUT2D eigenvalue weighted by Gasteiger charge is -2.08. The Balaban J connectivity index is 2.13. The van der Waals surface area contributed by atoms with Gasteiger partial charge in [0.2, 0.25) is 0 Å². The monoisotopic (exact) mass is 357 g/mol. The Kier molecular flexibility index (Phi) is 5.60. The number of rotatable bonds is 6. The minimum absolute atomic E-state index is 0.179. The molecule has 0 fully saturated rings. The lowest BCUT2D eigenvalue weighted by Crippen LogP contribution is -2.12.